The fourth-order valence-electron chi connectivity index (χ4n) is 1.10. The average Bonchev–Trinajstić information content (AvgIpc) is 2.95. The lowest BCUT2D eigenvalue weighted by molar-refractivity contribution is 0.277. The van der Waals surface area contributed by atoms with Crippen molar-refractivity contribution in [3.63, 3.8) is 0 Å². The minimum atomic E-state index is -0.0834. The first-order valence-electron chi connectivity index (χ1n) is 4.64. The number of hydrogen-bond donors (Lipinski definition) is 1. The molecule has 0 unspecified atom stereocenters. The number of pyridine rings is 1. The molecule has 92 valence electrons. The molecule has 2 N–H and O–H groups in total. The third-order valence-corrected chi connectivity index (χ3v) is 2.34. The van der Waals surface area contributed by atoms with Crippen LogP contribution >= 0.6 is 24.8 Å². The summed E-state index contributed by atoms with van der Waals surface area (Å²) < 4.78 is 10.4. The molecule has 0 radical (unpaired) electrons. The van der Waals surface area contributed by atoms with Gasteiger partial charge in [-0.15, -0.1) is 24.8 Å². The Hall–Kier alpha value is -0.710. The molecular formula is C10H16Cl2N2O2. The molecule has 1 aromatic rings. The van der Waals surface area contributed by atoms with Crippen LogP contribution in [0, 0.1) is 0 Å². The van der Waals surface area contributed by atoms with Crippen LogP contribution in [0.25, 0.3) is 0 Å². The van der Waals surface area contributed by atoms with Crippen molar-refractivity contribution in [2.45, 2.75) is 18.4 Å². The lowest BCUT2D eigenvalue weighted by atomic mass is 10.3. The second-order valence-corrected chi connectivity index (χ2v) is 3.69. The Morgan fingerprint density at radius 1 is 1.38 bits per heavy atom. The molecule has 1 fully saturated rings. The minimum absolute atomic E-state index is 0. The third-order valence-electron chi connectivity index (χ3n) is 2.34. The zero-order valence-electron chi connectivity index (χ0n) is 9.01. The number of aromatic nitrogens is 1. The van der Waals surface area contributed by atoms with Gasteiger partial charge in [0.25, 0.3) is 0 Å². The van der Waals surface area contributed by atoms with Gasteiger partial charge >= 0.3 is 0 Å². The predicted octanol–water partition coefficient (Wildman–Crippen LogP) is 1.80. The van der Waals surface area contributed by atoms with Crippen LogP contribution in [0.15, 0.2) is 18.3 Å². The van der Waals surface area contributed by atoms with Crippen LogP contribution < -0.4 is 15.2 Å². The van der Waals surface area contributed by atoms with Crippen LogP contribution in [0.3, 0.4) is 0 Å². The van der Waals surface area contributed by atoms with Crippen molar-refractivity contribution in [1.82, 2.24) is 4.98 Å². The van der Waals surface area contributed by atoms with E-state index in [0.717, 1.165) is 18.6 Å². The van der Waals surface area contributed by atoms with Crippen molar-refractivity contribution >= 4 is 24.8 Å². The maximum Gasteiger partial charge on any atom is 0.213 e. The summed E-state index contributed by atoms with van der Waals surface area (Å²) in [5.41, 5.74) is 5.80. The molecule has 0 spiro atoms. The molecular weight excluding hydrogens is 251 g/mol. The topological polar surface area (TPSA) is 57.4 Å². The number of methoxy groups -OCH3 is 1. The summed E-state index contributed by atoms with van der Waals surface area (Å²) in [6, 6.07) is 3.60. The molecule has 1 aromatic heterocycles. The van der Waals surface area contributed by atoms with Gasteiger partial charge in [-0.3, -0.25) is 0 Å². The van der Waals surface area contributed by atoms with E-state index in [-0.39, 0.29) is 30.4 Å². The summed E-state index contributed by atoms with van der Waals surface area (Å²) in [6.07, 6.45) is 3.75. The summed E-state index contributed by atoms with van der Waals surface area (Å²) in [7, 11) is 1.59. The molecule has 1 heterocycles. The lowest BCUT2D eigenvalue weighted by Gasteiger charge is -2.10. The first-order chi connectivity index (χ1) is 6.72. The summed E-state index contributed by atoms with van der Waals surface area (Å²) in [4.78, 5) is 4.03. The maximum absolute atomic E-state index is 5.88. The zero-order chi connectivity index (χ0) is 10.0. The van der Waals surface area contributed by atoms with E-state index in [2.05, 4.69) is 4.98 Å². The van der Waals surface area contributed by atoms with Crippen LogP contribution in [0.5, 0.6) is 11.6 Å². The van der Waals surface area contributed by atoms with E-state index in [4.69, 9.17) is 15.2 Å². The van der Waals surface area contributed by atoms with Crippen LogP contribution in [0.1, 0.15) is 12.8 Å². The Morgan fingerprint density at radius 3 is 2.50 bits per heavy atom. The molecule has 1 saturated carbocycles. The molecule has 2 rings (SSSR count). The summed E-state index contributed by atoms with van der Waals surface area (Å²) in [5.74, 6) is 1.33. The zero-order valence-corrected chi connectivity index (χ0v) is 10.6. The Morgan fingerprint density at radius 2 is 2.06 bits per heavy atom. The smallest absolute Gasteiger partial charge is 0.213 e. The van der Waals surface area contributed by atoms with Crippen molar-refractivity contribution in [1.29, 1.82) is 0 Å². The Labute approximate surface area is 107 Å². The standard InChI is InChI=1S/C10H14N2O2.2ClH/c1-13-9-3-2-8(6-12-9)14-7-10(11)4-5-10;;/h2-3,6H,4-5,7,11H2,1H3;2*1H. The molecule has 4 nitrogen and oxygen atoms in total. The number of rotatable bonds is 4. The van der Waals surface area contributed by atoms with Crippen LogP contribution in [-0.2, 0) is 0 Å². The minimum Gasteiger partial charge on any atom is -0.490 e. The molecule has 0 amide bonds. The number of halogens is 2. The van der Waals surface area contributed by atoms with E-state index in [1.807, 2.05) is 6.07 Å². The molecule has 0 saturated heterocycles. The highest BCUT2D eigenvalue weighted by Gasteiger charge is 2.39. The van der Waals surface area contributed by atoms with Gasteiger partial charge in [0.2, 0.25) is 5.88 Å². The van der Waals surface area contributed by atoms with Gasteiger partial charge in [0.05, 0.1) is 18.8 Å². The summed E-state index contributed by atoms with van der Waals surface area (Å²) in [6.45, 7) is 0.570. The van der Waals surface area contributed by atoms with E-state index in [0.29, 0.717) is 12.5 Å². The van der Waals surface area contributed by atoms with E-state index >= 15 is 0 Å². The molecule has 16 heavy (non-hydrogen) atoms. The van der Waals surface area contributed by atoms with Crippen molar-refractivity contribution in [3.8, 4) is 11.6 Å². The highest BCUT2D eigenvalue weighted by atomic mass is 35.5. The van der Waals surface area contributed by atoms with E-state index in [9.17, 15) is 0 Å². The number of nitrogens with zero attached hydrogens (tertiary/aromatic N) is 1. The summed E-state index contributed by atoms with van der Waals surface area (Å²) >= 11 is 0. The fourth-order valence-corrected chi connectivity index (χ4v) is 1.10. The van der Waals surface area contributed by atoms with Crippen molar-refractivity contribution in [2.24, 2.45) is 5.73 Å². The summed E-state index contributed by atoms with van der Waals surface area (Å²) in [5, 5.41) is 0. The van der Waals surface area contributed by atoms with E-state index in [1.54, 1.807) is 19.4 Å². The highest BCUT2D eigenvalue weighted by Crippen LogP contribution is 2.32. The van der Waals surface area contributed by atoms with Crippen molar-refractivity contribution in [2.75, 3.05) is 13.7 Å². The molecule has 0 aromatic carbocycles. The van der Waals surface area contributed by atoms with Crippen LogP contribution in [0.2, 0.25) is 0 Å². The fraction of sp³-hybridized carbons (Fsp3) is 0.500. The second-order valence-electron chi connectivity index (χ2n) is 3.69. The van der Waals surface area contributed by atoms with Crippen LogP contribution in [-0.4, -0.2) is 24.2 Å². The van der Waals surface area contributed by atoms with Crippen molar-refractivity contribution in [3.05, 3.63) is 18.3 Å². The number of hydrogen-bond acceptors (Lipinski definition) is 4. The van der Waals surface area contributed by atoms with Gasteiger partial charge in [0.15, 0.2) is 0 Å². The van der Waals surface area contributed by atoms with Gasteiger partial charge in [-0.05, 0) is 18.9 Å². The molecule has 6 heteroatoms. The molecule has 0 atom stereocenters. The largest absolute Gasteiger partial charge is 0.490 e. The SMILES string of the molecule is COc1ccc(OCC2(N)CC2)cn1.Cl.Cl. The van der Waals surface area contributed by atoms with Crippen molar-refractivity contribution < 1.29 is 9.47 Å². The van der Waals surface area contributed by atoms with Gasteiger partial charge in [0, 0.05) is 6.07 Å². The Bertz CT molecular complexity index is 315. The van der Waals surface area contributed by atoms with E-state index < -0.39 is 0 Å². The monoisotopic (exact) mass is 266 g/mol. The average molecular weight is 267 g/mol. The van der Waals surface area contributed by atoms with E-state index in [1.165, 1.54) is 0 Å². The molecule has 0 bridgehead atoms. The third kappa shape index (κ3) is 4.04. The van der Waals surface area contributed by atoms with Gasteiger partial charge in [-0.2, -0.15) is 0 Å². The van der Waals surface area contributed by atoms with Crippen LogP contribution in [0.4, 0.5) is 0 Å². The van der Waals surface area contributed by atoms with Gasteiger partial charge in [-0.1, -0.05) is 0 Å². The first kappa shape index (κ1) is 15.3. The molecule has 0 aliphatic heterocycles. The predicted molar refractivity (Wildman–Crippen MR) is 66.9 cm³/mol. The lowest BCUT2D eigenvalue weighted by Crippen LogP contribution is -2.29. The van der Waals surface area contributed by atoms with Gasteiger partial charge in [0.1, 0.15) is 12.4 Å². The quantitative estimate of drug-likeness (QED) is 0.903. The maximum atomic E-state index is 5.88. The number of ether oxygens (including phenoxy) is 2. The highest BCUT2D eigenvalue weighted by molar-refractivity contribution is 5.85. The molecule has 1 aliphatic rings. The molecule has 1 aliphatic carbocycles. The Kier molecular flexibility index (Phi) is 5.86. The first-order valence-corrected chi connectivity index (χ1v) is 4.64. The second kappa shape index (κ2) is 6.13. The van der Waals surface area contributed by atoms with Gasteiger partial charge < -0.3 is 15.2 Å². The van der Waals surface area contributed by atoms with Gasteiger partial charge in [-0.25, -0.2) is 4.98 Å². The normalized spacial score (nSPS) is 15.4. The Balaban J connectivity index is 0.00000112. The number of nitrogens with two attached hydrogens (primary N) is 1.